The van der Waals surface area contributed by atoms with E-state index in [0.717, 1.165) is 22.9 Å². The van der Waals surface area contributed by atoms with Crippen LogP contribution in [-0.2, 0) is 33.1 Å². The first-order valence-corrected chi connectivity index (χ1v) is 15.0. The summed E-state index contributed by atoms with van der Waals surface area (Å²) in [5.41, 5.74) is 2.60. The minimum atomic E-state index is -4.23. The highest BCUT2D eigenvalue weighted by molar-refractivity contribution is 7.91. The number of ether oxygens (including phenoxy) is 1. The van der Waals surface area contributed by atoms with Gasteiger partial charge in [-0.1, -0.05) is 12.1 Å². The number of rotatable bonds is 8. The van der Waals surface area contributed by atoms with Gasteiger partial charge in [0.1, 0.15) is 22.9 Å². The summed E-state index contributed by atoms with van der Waals surface area (Å²) in [5, 5.41) is 10.3. The standard InChI is InChI=1S/C27H28F3N5O5S/c1-16-4-7-20(31-13-16)22-23(32-21(36)14-41(2,38)39)24-25(37)33-26(15-35(24)34-22)10-8-17-12-18(5-6-19(17)26)40-11-3-9-27(28,29)30/h4-7,12-13H,3,8-11,14-15H2,1-2H3,(H,32,36)(H,33,37)/t26-/m1/s1. The average molecular weight is 592 g/mol. The Labute approximate surface area is 234 Å². The number of hydrogen-bond donors (Lipinski definition) is 2. The lowest BCUT2D eigenvalue weighted by molar-refractivity contribution is -0.136. The fourth-order valence-corrected chi connectivity index (χ4v) is 5.82. The van der Waals surface area contributed by atoms with Crippen LogP contribution in [0, 0.1) is 6.92 Å². The fraction of sp³-hybridized carbons (Fsp3) is 0.407. The number of nitrogens with one attached hydrogen (secondary N) is 2. The van der Waals surface area contributed by atoms with Gasteiger partial charge in [0.2, 0.25) is 5.91 Å². The first-order valence-electron chi connectivity index (χ1n) is 12.9. The summed E-state index contributed by atoms with van der Waals surface area (Å²) >= 11 is 0. The van der Waals surface area contributed by atoms with E-state index < -0.39 is 45.5 Å². The molecule has 1 aliphatic heterocycles. The Hall–Kier alpha value is -3.94. The van der Waals surface area contributed by atoms with E-state index in [1.54, 1.807) is 36.5 Å². The normalized spacial score (nSPS) is 18.1. The molecule has 0 saturated carbocycles. The number of aryl methyl sites for hydroxylation is 2. The van der Waals surface area contributed by atoms with Crippen LogP contribution >= 0.6 is 0 Å². The topological polar surface area (TPSA) is 132 Å². The van der Waals surface area contributed by atoms with Crippen molar-refractivity contribution in [1.29, 1.82) is 0 Å². The number of pyridine rings is 1. The Kier molecular flexibility index (Phi) is 7.30. The molecule has 218 valence electrons. The smallest absolute Gasteiger partial charge is 0.389 e. The van der Waals surface area contributed by atoms with E-state index in [1.165, 1.54) is 4.68 Å². The molecule has 2 N–H and O–H groups in total. The van der Waals surface area contributed by atoms with Gasteiger partial charge in [-0.05, 0) is 61.1 Å². The molecule has 3 aromatic rings. The van der Waals surface area contributed by atoms with Crippen LogP contribution in [0.5, 0.6) is 5.75 Å². The van der Waals surface area contributed by atoms with Crippen LogP contribution in [-0.4, -0.2) is 59.8 Å². The maximum Gasteiger partial charge on any atom is 0.389 e. The van der Waals surface area contributed by atoms with Crippen molar-refractivity contribution in [2.45, 2.75) is 50.9 Å². The van der Waals surface area contributed by atoms with Crippen LogP contribution in [0.3, 0.4) is 0 Å². The molecule has 2 aliphatic rings. The second-order valence-corrected chi connectivity index (χ2v) is 12.6. The highest BCUT2D eigenvalue weighted by Crippen LogP contribution is 2.43. The number of benzene rings is 1. The maximum atomic E-state index is 13.6. The molecule has 0 saturated heterocycles. The Morgan fingerprint density at radius 3 is 2.71 bits per heavy atom. The van der Waals surface area contributed by atoms with Gasteiger partial charge in [0.15, 0.2) is 15.5 Å². The van der Waals surface area contributed by atoms with E-state index in [4.69, 9.17) is 4.74 Å². The number of aromatic nitrogens is 3. The van der Waals surface area contributed by atoms with Crippen LogP contribution < -0.4 is 15.4 Å². The molecule has 14 heteroatoms. The number of carbonyl (C=O) groups is 2. The molecule has 2 aromatic heterocycles. The van der Waals surface area contributed by atoms with Gasteiger partial charge in [0.05, 0.1) is 24.4 Å². The van der Waals surface area contributed by atoms with E-state index in [-0.39, 0.29) is 36.6 Å². The van der Waals surface area contributed by atoms with Crippen molar-refractivity contribution in [3.05, 3.63) is 58.9 Å². The summed E-state index contributed by atoms with van der Waals surface area (Å²) in [6.07, 6.45) is -1.61. The largest absolute Gasteiger partial charge is 0.494 e. The molecule has 0 unspecified atom stereocenters. The number of anilines is 1. The third-order valence-corrected chi connectivity index (χ3v) is 7.82. The molecule has 0 radical (unpaired) electrons. The molecule has 1 atom stereocenters. The fourth-order valence-electron chi connectivity index (χ4n) is 5.27. The third-order valence-electron chi connectivity index (χ3n) is 7.04. The van der Waals surface area contributed by atoms with E-state index >= 15 is 0 Å². The average Bonchev–Trinajstić information content (AvgIpc) is 3.39. The zero-order valence-electron chi connectivity index (χ0n) is 22.3. The molecule has 2 amide bonds. The van der Waals surface area contributed by atoms with Crippen LogP contribution in [0.15, 0.2) is 36.5 Å². The van der Waals surface area contributed by atoms with Crippen molar-refractivity contribution in [2.24, 2.45) is 0 Å². The van der Waals surface area contributed by atoms with Crippen molar-refractivity contribution >= 4 is 27.3 Å². The third kappa shape index (κ3) is 6.21. The Morgan fingerprint density at radius 2 is 2.02 bits per heavy atom. The summed E-state index contributed by atoms with van der Waals surface area (Å²) in [6.45, 7) is 2.02. The lowest BCUT2D eigenvalue weighted by Gasteiger charge is -2.36. The van der Waals surface area contributed by atoms with Gasteiger partial charge in [-0.15, -0.1) is 0 Å². The number of halogens is 3. The number of fused-ring (bicyclic) bond motifs is 3. The lowest BCUT2D eigenvalue weighted by atomic mass is 9.89. The molecular formula is C27H28F3N5O5S. The highest BCUT2D eigenvalue weighted by atomic mass is 32.2. The molecular weight excluding hydrogens is 563 g/mol. The second kappa shape index (κ2) is 10.5. The van der Waals surface area contributed by atoms with Crippen molar-refractivity contribution in [1.82, 2.24) is 20.1 Å². The molecule has 41 heavy (non-hydrogen) atoms. The first kappa shape index (κ1) is 28.6. The van der Waals surface area contributed by atoms with E-state index in [2.05, 4.69) is 20.7 Å². The predicted octanol–water partition coefficient (Wildman–Crippen LogP) is 3.54. The molecule has 1 aliphatic carbocycles. The van der Waals surface area contributed by atoms with Crippen LogP contribution in [0.1, 0.15) is 46.4 Å². The van der Waals surface area contributed by atoms with Gasteiger partial charge >= 0.3 is 6.18 Å². The summed E-state index contributed by atoms with van der Waals surface area (Å²) in [4.78, 5) is 30.6. The van der Waals surface area contributed by atoms with Crippen molar-refractivity contribution in [3.8, 4) is 17.1 Å². The maximum absolute atomic E-state index is 13.6. The minimum absolute atomic E-state index is 0.0690. The second-order valence-electron chi connectivity index (χ2n) is 10.5. The van der Waals surface area contributed by atoms with E-state index in [1.807, 2.05) is 6.92 Å². The molecule has 0 fully saturated rings. The summed E-state index contributed by atoms with van der Waals surface area (Å²) < 4.78 is 67.7. The quantitative estimate of drug-likeness (QED) is 0.383. The zero-order valence-corrected chi connectivity index (χ0v) is 23.2. The summed E-state index contributed by atoms with van der Waals surface area (Å²) in [7, 11) is -3.63. The number of carbonyl (C=O) groups excluding carboxylic acids is 2. The minimum Gasteiger partial charge on any atom is -0.494 e. The molecule has 3 heterocycles. The van der Waals surface area contributed by atoms with Gasteiger partial charge in [-0.2, -0.15) is 18.3 Å². The number of alkyl halides is 3. The van der Waals surface area contributed by atoms with Gasteiger partial charge in [0, 0.05) is 18.9 Å². The Morgan fingerprint density at radius 1 is 1.24 bits per heavy atom. The SMILES string of the molecule is Cc1ccc(-c2nn3c(c2NC(=O)CS(C)(=O)=O)C(=O)N[C@]2(CCc4cc(OCCCC(F)(F)F)ccc42)C3)nc1. The van der Waals surface area contributed by atoms with Crippen molar-refractivity contribution in [3.63, 3.8) is 0 Å². The number of amides is 2. The number of nitrogens with zero attached hydrogens (tertiary/aromatic N) is 3. The first-order chi connectivity index (χ1) is 19.2. The van der Waals surface area contributed by atoms with E-state index in [9.17, 15) is 31.2 Å². The monoisotopic (exact) mass is 591 g/mol. The number of hydrogen-bond acceptors (Lipinski definition) is 7. The molecule has 0 bridgehead atoms. The summed E-state index contributed by atoms with van der Waals surface area (Å²) in [6, 6.07) is 8.75. The van der Waals surface area contributed by atoms with Crippen LogP contribution in [0.4, 0.5) is 18.9 Å². The van der Waals surface area contributed by atoms with Crippen LogP contribution in [0.2, 0.25) is 0 Å². The molecule has 5 rings (SSSR count). The molecule has 10 nitrogen and oxygen atoms in total. The van der Waals surface area contributed by atoms with Crippen molar-refractivity contribution < 1.29 is 35.9 Å². The van der Waals surface area contributed by atoms with Gasteiger partial charge in [-0.3, -0.25) is 19.3 Å². The zero-order chi connectivity index (χ0) is 29.6. The Bertz CT molecular complexity index is 1620. The van der Waals surface area contributed by atoms with Crippen molar-refractivity contribution in [2.75, 3.05) is 23.9 Å². The lowest BCUT2D eigenvalue weighted by Crippen LogP contribution is -2.52. The van der Waals surface area contributed by atoms with E-state index in [0.29, 0.717) is 24.3 Å². The van der Waals surface area contributed by atoms with Gasteiger partial charge in [-0.25, -0.2) is 8.42 Å². The van der Waals surface area contributed by atoms with Crippen LogP contribution in [0.25, 0.3) is 11.4 Å². The van der Waals surface area contributed by atoms with Gasteiger partial charge < -0.3 is 15.4 Å². The highest BCUT2D eigenvalue weighted by Gasteiger charge is 2.46. The Balaban J connectivity index is 1.45. The number of sulfone groups is 1. The van der Waals surface area contributed by atoms with Gasteiger partial charge in [0.25, 0.3) is 5.91 Å². The molecule has 1 aromatic carbocycles. The summed E-state index contributed by atoms with van der Waals surface area (Å²) in [5.74, 6) is -1.62. The molecule has 1 spiro atoms. The predicted molar refractivity (Wildman–Crippen MR) is 143 cm³/mol.